The van der Waals surface area contributed by atoms with E-state index in [1.807, 2.05) is 212 Å². The Balaban J connectivity index is 0.905. The van der Waals surface area contributed by atoms with E-state index in [1.165, 1.54) is 0 Å². The maximum absolute atomic E-state index is 7.60. The van der Waals surface area contributed by atoms with Crippen LogP contribution in [0.25, 0.3) is 0 Å². The third kappa shape index (κ3) is 13.9. The Morgan fingerprint density at radius 3 is 0.953 bits per heavy atom. The second kappa shape index (κ2) is 28.5. The second-order valence-electron chi connectivity index (χ2n) is 21.9. The molecule has 0 bridgehead atoms. The first-order chi connectivity index (χ1) is 42.6. The predicted molar refractivity (Wildman–Crippen MR) is 311 cm³/mol. The summed E-state index contributed by atoms with van der Waals surface area (Å²) in [5.41, 5.74) is 6.17. The van der Waals surface area contributed by atoms with Crippen molar-refractivity contribution in [3.8, 4) is 12.3 Å². The van der Waals surface area contributed by atoms with Crippen LogP contribution in [0.5, 0.6) is 0 Å². The molecule has 6 aliphatic rings. The molecule has 6 aliphatic heterocycles. The first kappa shape index (κ1) is 58.5. The Morgan fingerprint density at radius 2 is 0.605 bits per heavy atom. The minimum absolute atomic E-state index is 0.0964. The molecule has 86 heavy (non-hydrogen) atoms. The van der Waals surface area contributed by atoms with Gasteiger partial charge in [0, 0.05) is 16.7 Å². The molecule has 0 saturated carbocycles. The van der Waals surface area contributed by atoms with E-state index in [4.69, 9.17) is 82.2 Å². The molecule has 6 heterocycles. The lowest BCUT2D eigenvalue weighted by molar-refractivity contribution is -0.431. The van der Waals surface area contributed by atoms with Crippen LogP contribution >= 0.6 is 0 Å². The molecular weight excluding hydrogens is 1100 g/mol. The molecule has 16 nitrogen and oxygen atoms in total. The molecule has 0 N–H and O–H groups in total. The molecule has 0 radical (unpaired) electrons. The second-order valence-corrected chi connectivity index (χ2v) is 21.9. The van der Waals surface area contributed by atoms with Gasteiger partial charge in [0.25, 0.3) is 0 Å². The number of hydrogen-bond acceptors (Lipinski definition) is 16. The lowest BCUT2D eigenvalue weighted by Gasteiger charge is -2.54. The third-order valence-electron chi connectivity index (χ3n) is 16.1. The quantitative estimate of drug-likeness (QED) is 0.0628. The highest BCUT2D eigenvalue weighted by atomic mass is 16.8. The summed E-state index contributed by atoms with van der Waals surface area (Å²) in [6, 6.07) is 68.9. The van der Waals surface area contributed by atoms with E-state index >= 15 is 0 Å². The van der Waals surface area contributed by atoms with Crippen molar-refractivity contribution in [1.29, 1.82) is 0 Å². The van der Waals surface area contributed by atoms with Gasteiger partial charge >= 0.3 is 0 Å². The summed E-state index contributed by atoms with van der Waals surface area (Å²) < 4.78 is 112. The van der Waals surface area contributed by atoms with Crippen molar-refractivity contribution in [2.24, 2.45) is 0 Å². The van der Waals surface area contributed by atoms with Gasteiger partial charge in [0.15, 0.2) is 37.7 Å². The van der Waals surface area contributed by atoms with E-state index in [0.29, 0.717) is 0 Å². The highest BCUT2D eigenvalue weighted by Crippen LogP contribution is 2.44. The molecule has 0 unspecified atom stereocenters. The molecule has 7 aromatic carbocycles. The van der Waals surface area contributed by atoms with E-state index in [0.717, 1.165) is 38.9 Å². The third-order valence-corrected chi connectivity index (χ3v) is 16.1. The van der Waals surface area contributed by atoms with E-state index in [1.54, 1.807) is 0 Å². The summed E-state index contributed by atoms with van der Waals surface area (Å²) in [5.74, 6) is 2.68. The molecule has 16 heteroatoms. The van der Waals surface area contributed by atoms with Crippen molar-refractivity contribution in [3.05, 3.63) is 251 Å². The number of rotatable bonds is 21. The van der Waals surface area contributed by atoms with Gasteiger partial charge in [0.1, 0.15) is 79.9 Å². The van der Waals surface area contributed by atoms with Crippen LogP contribution in [0.15, 0.2) is 212 Å². The van der Waals surface area contributed by atoms with Crippen molar-refractivity contribution in [3.63, 3.8) is 0 Å². The summed E-state index contributed by atoms with van der Waals surface area (Å²) >= 11 is 0. The van der Waals surface area contributed by atoms with Crippen molar-refractivity contribution in [2.45, 2.75) is 137 Å². The summed E-state index contributed by atoms with van der Waals surface area (Å²) in [7, 11) is 0. The first-order valence-electron chi connectivity index (χ1n) is 29.5. The maximum Gasteiger partial charge on any atom is 0.187 e. The SMILES string of the molecule is C#CCO[C@@H]1[C@H](O[C@@H]2[C@H](O[C@@H]3[C@@H](OCc4ccccc4)O[C@@H]4CO[C@@H](c5ccccc5)O[C@H]4[C@@H]3OCc3ccccc3)O[C@@H]3CO[C@@H](c4ccccc4)O[C@H]3[C@@H]2OCc2ccccc2)O[C@@H]2CO[C@@H](c3ccccc3)O[C@H]2[C@@H]1OCc1ccccc1. The predicted octanol–water partition coefficient (Wildman–Crippen LogP) is 10.3. The van der Waals surface area contributed by atoms with Gasteiger partial charge in [-0.3, -0.25) is 0 Å². The van der Waals surface area contributed by atoms with Crippen LogP contribution in [0.2, 0.25) is 0 Å². The first-order valence-corrected chi connectivity index (χ1v) is 29.5. The van der Waals surface area contributed by atoms with Crippen LogP contribution in [0.1, 0.15) is 57.8 Å². The van der Waals surface area contributed by atoms with Gasteiger partial charge < -0.3 is 75.8 Å². The fourth-order valence-corrected chi connectivity index (χ4v) is 11.9. The molecule has 0 aromatic heterocycles. The Hall–Kier alpha value is -6.54. The average Bonchev–Trinajstić information content (AvgIpc) is 1.70. The molecule has 446 valence electrons. The summed E-state index contributed by atoms with van der Waals surface area (Å²) in [6.07, 6.45) is -10.3. The minimum atomic E-state index is -1.32. The number of fused-ring (bicyclic) bond motifs is 3. The van der Waals surface area contributed by atoms with E-state index in [9.17, 15) is 0 Å². The molecule has 7 aromatic rings. The highest BCUT2D eigenvalue weighted by molar-refractivity contribution is 5.21. The zero-order chi connectivity index (χ0) is 57.9. The fraction of sp³-hybridized carbons (Fsp3) is 0.371. The Bertz CT molecular complexity index is 3190. The van der Waals surface area contributed by atoms with Crippen LogP contribution in [0, 0.1) is 12.3 Å². The zero-order valence-corrected chi connectivity index (χ0v) is 47.4. The van der Waals surface area contributed by atoms with E-state index in [-0.39, 0.29) is 52.9 Å². The van der Waals surface area contributed by atoms with Crippen LogP contribution in [-0.4, -0.2) is 119 Å². The van der Waals surface area contributed by atoms with Crippen LogP contribution in [0.3, 0.4) is 0 Å². The van der Waals surface area contributed by atoms with Crippen LogP contribution in [-0.2, 0) is 102 Å². The molecule has 0 spiro atoms. The number of benzene rings is 7. The highest BCUT2D eigenvalue weighted by Gasteiger charge is 2.60. The topological polar surface area (TPSA) is 148 Å². The Labute approximate surface area is 501 Å². The number of terminal acetylenes is 1. The lowest BCUT2D eigenvalue weighted by atomic mass is 9.94. The molecule has 0 aliphatic carbocycles. The van der Waals surface area contributed by atoms with E-state index in [2.05, 4.69) is 5.92 Å². The van der Waals surface area contributed by atoms with Crippen LogP contribution < -0.4 is 0 Å². The molecular formula is C70H70O16. The van der Waals surface area contributed by atoms with Crippen molar-refractivity contribution in [1.82, 2.24) is 0 Å². The minimum Gasteiger partial charge on any atom is -0.368 e. The lowest BCUT2D eigenvalue weighted by Crippen LogP contribution is -2.69. The standard InChI is InChI=1S/C70H70O16/c1-2-38-71-62-59(72-39-46-24-10-3-11-25-46)56-54(44-77-65(82-56)50-32-18-7-19-33-50)80-69(62)86-64-61(74-41-48-28-14-5-15-29-48)58-55(45-78-67(84-58)52-36-22-9-23-37-52)81-70(64)85-63-60(73-40-47-26-12-4-13-27-47)57-53(43-76-66(83-57)51-34-20-8-21-35-51)79-68(63)75-42-49-30-16-6-17-31-49/h1,3-37,53-70H,38-45H2/t53-,54-,55-,56-,57-,58-,59+,60+,61+,62+,63+,64+,65-,66-,67-,68+,69+,70+/m1/s1. The van der Waals surface area contributed by atoms with Crippen molar-refractivity contribution < 1.29 is 75.8 Å². The molecule has 6 fully saturated rings. The summed E-state index contributed by atoms with van der Waals surface area (Å²) in [4.78, 5) is 0. The van der Waals surface area contributed by atoms with Gasteiger partial charge in [-0.15, -0.1) is 6.42 Å². The number of ether oxygens (including phenoxy) is 16. The maximum atomic E-state index is 7.60. The molecule has 13 rings (SSSR count). The molecule has 6 saturated heterocycles. The zero-order valence-electron chi connectivity index (χ0n) is 47.4. The van der Waals surface area contributed by atoms with Crippen LogP contribution in [0.4, 0.5) is 0 Å². The van der Waals surface area contributed by atoms with Gasteiger partial charge in [-0.05, 0) is 22.3 Å². The van der Waals surface area contributed by atoms with Crippen molar-refractivity contribution >= 4 is 0 Å². The van der Waals surface area contributed by atoms with Gasteiger partial charge in [0.2, 0.25) is 0 Å². The average molecular weight is 1170 g/mol. The van der Waals surface area contributed by atoms with Crippen molar-refractivity contribution in [2.75, 3.05) is 26.4 Å². The fourth-order valence-electron chi connectivity index (χ4n) is 11.9. The number of hydrogen-bond donors (Lipinski definition) is 0. The largest absolute Gasteiger partial charge is 0.368 e. The summed E-state index contributed by atoms with van der Waals surface area (Å²) in [5, 5.41) is 0. The van der Waals surface area contributed by atoms with E-state index < -0.39 is 111 Å². The van der Waals surface area contributed by atoms with Gasteiger partial charge in [-0.1, -0.05) is 218 Å². The summed E-state index contributed by atoms with van der Waals surface area (Å²) in [6.45, 7) is 0.966. The molecule has 18 atom stereocenters. The smallest absolute Gasteiger partial charge is 0.187 e. The monoisotopic (exact) mass is 1170 g/mol. The van der Waals surface area contributed by atoms with Gasteiger partial charge in [-0.25, -0.2) is 0 Å². The Morgan fingerprint density at radius 1 is 0.314 bits per heavy atom. The van der Waals surface area contributed by atoms with Gasteiger partial charge in [0.05, 0.1) is 46.2 Å². The molecule has 0 amide bonds. The Kier molecular flexibility index (Phi) is 19.4. The van der Waals surface area contributed by atoms with Gasteiger partial charge in [-0.2, -0.15) is 0 Å². The normalized spacial score (nSPS) is 32.4.